The molecule has 1 radical (unpaired) electrons. The molecule has 0 aliphatic carbocycles. The zero-order chi connectivity index (χ0) is 13.8. The van der Waals surface area contributed by atoms with E-state index in [0.29, 0.717) is 0 Å². The summed E-state index contributed by atoms with van der Waals surface area (Å²) >= 11 is 0. The van der Waals surface area contributed by atoms with Gasteiger partial charge in [0, 0.05) is 18.7 Å². The number of carbonyl (C=O) groups excluding carboxylic acids is 1. The number of rotatable bonds is 5. The minimum atomic E-state index is -4.17. The fourth-order valence-electron chi connectivity index (χ4n) is 1.11. The summed E-state index contributed by atoms with van der Waals surface area (Å²) in [6.07, 6.45) is -0.492. The molecule has 1 rings (SSSR count). The number of nitro benzene ring substituents is 1. The summed E-state index contributed by atoms with van der Waals surface area (Å²) in [5.74, 6) is -0.674. The molecule has 0 aromatic heterocycles. The van der Waals surface area contributed by atoms with Gasteiger partial charge < -0.3 is 15.1 Å². The molecule has 0 heterocycles. The van der Waals surface area contributed by atoms with Gasteiger partial charge in [-0.3, -0.25) is 19.5 Å². The fourth-order valence-corrected chi connectivity index (χ4v) is 1.51. The third kappa shape index (κ3) is 4.62. The van der Waals surface area contributed by atoms with Gasteiger partial charge in [0.05, 0.1) is 16.6 Å². The number of carbonyl (C=O) groups is 1. The first-order valence-corrected chi connectivity index (χ1v) is 6.58. The number of nitro groups is 1. The molecule has 0 aliphatic rings. The van der Waals surface area contributed by atoms with E-state index in [1.54, 1.807) is 0 Å². The van der Waals surface area contributed by atoms with Crippen LogP contribution in [0.1, 0.15) is 10.4 Å². The molecule has 0 bridgehead atoms. The van der Waals surface area contributed by atoms with Crippen LogP contribution in [0.2, 0.25) is 0 Å². The summed E-state index contributed by atoms with van der Waals surface area (Å²) in [6.45, 7) is -0.223. The second kappa shape index (κ2) is 5.72. The molecule has 9 heteroatoms. The molecule has 1 amide bonds. The zero-order valence-corrected chi connectivity index (χ0v) is 9.96. The van der Waals surface area contributed by atoms with Crippen LogP contribution in [-0.2, 0) is 4.57 Å². The summed E-state index contributed by atoms with van der Waals surface area (Å²) in [7, 11) is -4.17. The summed E-state index contributed by atoms with van der Waals surface area (Å²) in [5.41, 5.74) is -0.316. The van der Waals surface area contributed by atoms with Crippen LogP contribution in [0.25, 0.3) is 0 Å². The molecule has 3 N–H and O–H groups in total. The molecular formula is C9H10N2O6P. The van der Waals surface area contributed by atoms with Crippen molar-refractivity contribution in [1.29, 1.82) is 0 Å². The first-order valence-electron chi connectivity index (χ1n) is 4.78. The summed E-state index contributed by atoms with van der Waals surface area (Å²) in [6, 6.07) is 5.95. The van der Waals surface area contributed by atoms with E-state index in [0.717, 1.165) is 6.07 Å². The van der Waals surface area contributed by atoms with E-state index in [9.17, 15) is 19.5 Å². The molecular weight excluding hydrogens is 263 g/mol. The predicted octanol–water partition coefficient (Wildman–Crippen LogP) is 0.302. The molecule has 0 saturated heterocycles. The Balaban J connectivity index is 2.64. The highest BCUT2D eigenvalue weighted by atomic mass is 31.2. The highest BCUT2D eigenvalue weighted by Crippen LogP contribution is 2.32. The van der Waals surface area contributed by atoms with E-state index in [-0.39, 0.29) is 17.8 Å². The van der Waals surface area contributed by atoms with Gasteiger partial charge in [-0.05, 0) is 12.1 Å². The summed E-state index contributed by atoms with van der Waals surface area (Å²) in [5, 5.41) is 12.7. The molecule has 1 aromatic carbocycles. The SMILES string of the molecule is O=C(NCCP(=O)(O)O)c1[c]ccc([N+](=O)[O-])c1. The minimum absolute atomic E-state index is 0.0603. The van der Waals surface area contributed by atoms with Crippen molar-refractivity contribution in [1.82, 2.24) is 5.32 Å². The van der Waals surface area contributed by atoms with E-state index >= 15 is 0 Å². The van der Waals surface area contributed by atoms with Crippen LogP contribution in [0.5, 0.6) is 0 Å². The Morgan fingerprint density at radius 3 is 2.78 bits per heavy atom. The monoisotopic (exact) mass is 273 g/mol. The smallest absolute Gasteiger partial charge is 0.327 e. The van der Waals surface area contributed by atoms with Gasteiger partial charge in [0.1, 0.15) is 0 Å². The van der Waals surface area contributed by atoms with Gasteiger partial charge in [-0.2, -0.15) is 0 Å². The normalized spacial score (nSPS) is 11.0. The minimum Gasteiger partial charge on any atom is -0.351 e. The third-order valence-electron chi connectivity index (χ3n) is 1.93. The van der Waals surface area contributed by atoms with Crippen molar-refractivity contribution in [3.8, 4) is 0 Å². The number of amides is 1. The van der Waals surface area contributed by atoms with Gasteiger partial charge in [0.15, 0.2) is 0 Å². The molecule has 18 heavy (non-hydrogen) atoms. The quantitative estimate of drug-likeness (QED) is 0.402. The number of non-ortho nitro benzene ring substituents is 1. The number of benzene rings is 1. The number of hydrogen-bond acceptors (Lipinski definition) is 4. The predicted molar refractivity (Wildman–Crippen MR) is 61.2 cm³/mol. The van der Waals surface area contributed by atoms with Crippen molar-refractivity contribution < 1.29 is 24.1 Å². The number of nitrogens with one attached hydrogen (secondary N) is 1. The standard InChI is InChI=1S/C9H10N2O6P/c12-9(10-4-5-18(15,16)17)7-2-1-3-8(6-7)11(13)14/h1,3,6H,4-5H2,(H,10,12)(H2,15,16,17). The Morgan fingerprint density at radius 2 is 2.22 bits per heavy atom. The first kappa shape index (κ1) is 14.3. The van der Waals surface area contributed by atoms with Crippen LogP contribution >= 0.6 is 7.60 Å². The Morgan fingerprint density at radius 1 is 1.56 bits per heavy atom. The largest absolute Gasteiger partial charge is 0.351 e. The molecule has 0 saturated carbocycles. The fraction of sp³-hybridized carbons (Fsp3) is 0.222. The van der Waals surface area contributed by atoms with Crippen LogP contribution < -0.4 is 5.32 Å². The van der Waals surface area contributed by atoms with Gasteiger partial charge in [-0.15, -0.1) is 0 Å². The maximum Gasteiger partial charge on any atom is 0.327 e. The van der Waals surface area contributed by atoms with E-state index in [2.05, 4.69) is 11.4 Å². The van der Waals surface area contributed by atoms with Gasteiger partial charge in [0.25, 0.3) is 11.6 Å². The van der Waals surface area contributed by atoms with E-state index in [4.69, 9.17) is 9.79 Å². The third-order valence-corrected chi connectivity index (χ3v) is 2.74. The number of nitrogens with zero attached hydrogens (tertiary/aromatic N) is 1. The molecule has 0 unspecified atom stereocenters. The van der Waals surface area contributed by atoms with Crippen molar-refractivity contribution in [2.75, 3.05) is 12.7 Å². The van der Waals surface area contributed by atoms with Crippen LogP contribution in [0.4, 0.5) is 5.69 Å². The van der Waals surface area contributed by atoms with Crippen LogP contribution in [0.3, 0.4) is 0 Å². The second-order valence-corrected chi connectivity index (χ2v) is 5.14. The first-order chi connectivity index (χ1) is 8.29. The van der Waals surface area contributed by atoms with Crippen LogP contribution in [0, 0.1) is 16.2 Å². The summed E-state index contributed by atoms with van der Waals surface area (Å²) < 4.78 is 10.5. The van der Waals surface area contributed by atoms with Crippen molar-refractivity contribution in [3.05, 3.63) is 39.9 Å². The second-order valence-electron chi connectivity index (χ2n) is 3.36. The van der Waals surface area contributed by atoms with Gasteiger partial charge >= 0.3 is 7.60 Å². The molecule has 1 aromatic rings. The Labute approximate surface area is 102 Å². The summed E-state index contributed by atoms with van der Waals surface area (Å²) in [4.78, 5) is 38.5. The lowest BCUT2D eigenvalue weighted by atomic mass is 10.2. The lowest BCUT2D eigenvalue weighted by Crippen LogP contribution is -2.26. The Bertz CT molecular complexity index is 512. The van der Waals surface area contributed by atoms with Crippen LogP contribution in [0.15, 0.2) is 18.2 Å². The molecule has 0 atom stereocenters. The van der Waals surface area contributed by atoms with Crippen molar-refractivity contribution in [2.24, 2.45) is 0 Å². The average molecular weight is 273 g/mol. The molecule has 0 spiro atoms. The van der Waals surface area contributed by atoms with Crippen molar-refractivity contribution >= 4 is 19.2 Å². The van der Waals surface area contributed by atoms with E-state index in [1.165, 1.54) is 12.1 Å². The molecule has 8 nitrogen and oxygen atoms in total. The Hall–Kier alpha value is -1.76. The van der Waals surface area contributed by atoms with Gasteiger partial charge in [0.2, 0.25) is 0 Å². The maximum atomic E-state index is 11.5. The maximum absolute atomic E-state index is 11.5. The van der Waals surface area contributed by atoms with Crippen molar-refractivity contribution in [3.63, 3.8) is 0 Å². The lowest BCUT2D eigenvalue weighted by molar-refractivity contribution is -0.384. The highest BCUT2D eigenvalue weighted by molar-refractivity contribution is 7.51. The van der Waals surface area contributed by atoms with Crippen molar-refractivity contribution in [2.45, 2.75) is 0 Å². The Kier molecular flexibility index (Phi) is 4.55. The topological polar surface area (TPSA) is 130 Å². The number of hydrogen-bond donors (Lipinski definition) is 3. The van der Waals surface area contributed by atoms with Crippen LogP contribution in [-0.4, -0.2) is 33.3 Å². The van der Waals surface area contributed by atoms with E-state index < -0.39 is 24.6 Å². The lowest BCUT2D eigenvalue weighted by Gasteiger charge is -2.06. The molecule has 0 fully saturated rings. The van der Waals surface area contributed by atoms with Gasteiger partial charge in [-0.25, -0.2) is 0 Å². The molecule has 0 aliphatic heterocycles. The zero-order valence-electron chi connectivity index (χ0n) is 9.07. The van der Waals surface area contributed by atoms with E-state index in [1.807, 2.05) is 0 Å². The van der Waals surface area contributed by atoms with Gasteiger partial charge in [-0.1, -0.05) is 0 Å². The average Bonchev–Trinajstić information content (AvgIpc) is 2.27. The molecule has 97 valence electrons. The highest BCUT2D eigenvalue weighted by Gasteiger charge is 2.15.